The third-order valence-corrected chi connectivity index (χ3v) is 3.86. The fraction of sp³-hybridized carbons (Fsp3) is 0.263. The number of benzene rings is 1. The Hall–Kier alpha value is -3.02. The zero-order valence-corrected chi connectivity index (χ0v) is 14.1. The molecule has 3 aromatic rings. The summed E-state index contributed by atoms with van der Waals surface area (Å²) in [6.07, 6.45) is 3.14. The molecule has 1 amide bonds. The van der Waals surface area contributed by atoms with Crippen molar-refractivity contribution in [3.8, 4) is 0 Å². The van der Waals surface area contributed by atoms with Crippen molar-refractivity contribution in [2.24, 2.45) is 0 Å². The van der Waals surface area contributed by atoms with Gasteiger partial charge in [-0.1, -0.05) is 12.1 Å². The first kappa shape index (κ1) is 16.8. The summed E-state index contributed by atoms with van der Waals surface area (Å²) in [5.41, 5.74) is 2.55. The van der Waals surface area contributed by atoms with Gasteiger partial charge in [0.1, 0.15) is 11.3 Å². The van der Waals surface area contributed by atoms with Gasteiger partial charge in [-0.05, 0) is 37.6 Å². The number of hydrogen-bond donors (Lipinski definition) is 1. The molecule has 2 aromatic heterocycles. The molecule has 1 N–H and O–H groups in total. The van der Waals surface area contributed by atoms with Crippen LogP contribution in [0.2, 0.25) is 0 Å². The molecule has 1 aromatic carbocycles. The summed E-state index contributed by atoms with van der Waals surface area (Å²) < 4.78 is 15.7. The van der Waals surface area contributed by atoms with Crippen molar-refractivity contribution in [2.45, 2.75) is 26.3 Å². The average molecular weight is 341 g/mol. The number of ether oxygens (including phenoxy) is 1. The topological polar surface area (TPSA) is 81.7 Å². The largest absolute Gasteiger partial charge is 0.467 e. The second-order valence-electron chi connectivity index (χ2n) is 5.90. The minimum Gasteiger partial charge on any atom is -0.467 e. The van der Waals surface area contributed by atoms with Gasteiger partial charge in [-0.3, -0.25) is 9.59 Å². The fourth-order valence-electron chi connectivity index (χ4n) is 2.57. The molecule has 0 saturated heterocycles. The lowest BCUT2D eigenvalue weighted by Crippen LogP contribution is -2.31. The van der Waals surface area contributed by atoms with Crippen molar-refractivity contribution < 1.29 is 23.2 Å². The van der Waals surface area contributed by atoms with Crippen LogP contribution in [0.5, 0.6) is 0 Å². The number of aryl methyl sites for hydroxylation is 1. The minimum absolute atomic E-state index is 0.0527. The Bertz CT molecular complexity index is 879. The number of furan rings is 2. The number of carbonyl (C=O) groups is 2. The molecule has 0 saturated carbocycles. The SMILES string of the molecule is Cc1ccc2c(CC(=O)OCC(=O)N[C@@H](C)c3ccco3)coc2c1. The van der Waals surface area contributed by atoms with Crippen LogP contribution in [-0.2, 0) is 20.7 Å². The lowest BCUT2D eigenvalue weighted by atomic mass is 10.1. The minimum atomic E-state index is -0.482. The van der Waals surface area contributed by atoms with Crippen molar-refractivity contribution in [3.63, 3.8) is 0 Å². The zero-order valence-electron chi connectivity index (χ0n) is 14.1. The molecule has 0 spiro atoms. The Balaban J connectivity index is 1.51. The predicted molar refractivity (Wildman–Crippen MR) is 90.9 cm³/mol. The third kappa shape index (κ3) is 4.09. The highest BCUT2D eigenvalue weighted by Gasteiger charge is 2.15. The van der Waals surface area contributed by atoms with Crippen LogP contribution in [-0.4, -0.2) is 18.5 Å². The second-order valence-corrected chi connectivity index (χ2v) is 5.90. The van der Waals surface area contributed by atoms with Crippen LogP contribution in [0.4, 0.5) is 0 Å². The van der Waals surface area contributed by atoms with Crippen LogP contribution in [0.1, 0.15) is 29.9 Å². The van der Waals surface area contributed by atoms with E-state index in [0.717, 1.165) is 22.1 Å². The van der Waals surface area contributed by atoms with E-state index in [0.29, 0.717) is 5.76 Å². The number of esters is 1. The molecule has 0 aliphatic heterocycles. The number of hydrogen-bond acceptors (Lipinski definition) is 5. The second kappa shape index (κ2) is 7.25. The standard InChI is InChI=1S/C19H19NO5/c1-12-5-6-15-14(10-24-17(15)8-12)9-19(22)25-11-18(21)20-13(2)16-4-3-7-23-16/h3-8,10,13H,9,11H2,1-2H3,(H,20,21)/t13-/m0/s1. The van der Waals surface area contributed by atoms with E-state index in [-0.39, 0.29) is 25.0 Å². The van der Waals surface area contributed by atoms with Gasteiger partial charge in [-0.15, -0.1) is 0 Å². The van der Waals surface area contributed by atoms with E-state index in [1.807, 2.05) is 25.1 Å². The Morgan fingerprint density at radius 3 is 2.84 bits per heavy atom. The fourth-order valence-corrected chi connectivity index (χ4v) is 2.57. The molecule has 1 atom stereocenters. The van der Waals surface area contributed by atoms with Gasteiger partial charge in [0.25, 0.3) is 5.91 Å². The summed E-state index contributed by atoms with van der Waals surface area (Å²) in [7, 11) is 0. The molecule has 6 heteroatoms. The van der Waals surface area contributed by atoms with E-state index in [9.17, 15) is 9.59 Å². The first-order valence-corrected chi connectivity index (χ1v) is 7.98. The van der Waals surface area contributed by atoms with E-state index in [1.54, 1.807) is 25.3 Å². The summed E-state index contributed by atoms with van der Waals surface area (Å²) in [5, 5.41) is 3.58. The smallest absolute Gasteiger partial charge is 0.310 e. The Morgan fingerprint density at radius 1 is 1.24 bits per heavy atom. The predicted octanol–water partition coefficient (Wildman–Crippen LogP) is 3.30. The molecule has 2 heterocycles. The van der Waals surface area contributed by atoms with E-state index >= 15 is 0 Å². The van der Waals surface area contributed by atoms with Crippen molar-refractivity contribution in [3.05, 3.63) is 59.7 Å². The maximum Gasteiger partial charge on any atom is 0.310 e. The molecule has 0 fully saturated rings. The Kier molecular flexibility index (Phi) is 4.88. The molecule has 0 unspecified atom stereocenters. The van der Waals surface area contributed by atoms with Gasteiger partial charge in [-0.25, -0.2) is 0 Å². The summed E-state index contributed by atoms with van der Waals surface area (Å²) >= 11 is 0. The van der Waals surface area contributed by atoms with Gasteiger partial charge in [0, 0.05) is 10.9 Å². The average Bonchev–Trinajstić information content (AvgIpc) is 3.23. The molecule has 0 aliphatic carbocycles. The molecule has 130 valence electrons. The molecule has 6 nitrogen and oxygen atoms in total. The van der Waals surface area contributed by atoms with Gasteiger partial charge in [-0.2, -0.15) is 0 Å². The van der Waals surface area contributed by atoms with Crippen LogP contribution in [0.15, 0.2) is 51.7 Å². The van der Waals surface area contributed by atoms with Gasteiger partial charge in [0.15, 0.2) is 6.61 Å². The first-order chi connectivity index (χ1) is 12.0. The van der Waals surface area contributed by atoms with E-state index in [2.05, 4.69) is 5.32 Å². The molecule has 0 bridgehead atoms. The molecule has 3 rings (SSSR count). The molecular weight excluding hydrogens is 322 g/mol. The number of rotatable bonds is 6. The van der Waals surface area contributed by atoms with Crippen molar-refractivity contribution in [1.82, 2.24) is 5.32 Å². The molecule has 25 heavy (non-hydrogen) atoms. The summed E-state index contributed by atoms with van der Waals surface area (Å²) in [6, 6.07) is 9.00. The van der Waals surface area contributed by atoms with E-state index < -0.39 is 5.97 Å². The van der Waals surface area contributed by atoms with Crippen LogP contribution < -0.4 is 5.32 Å². The van der Waals surface area contributed by atoms with Gasteiger partial charge < -0.3 is 18.9 Å². The molecular formula is C19H19NO5. The maximum absolute atomic E-state index is 12.0. The number of fused-ring (bicyclic) bond motifs is 1. The lowest BCUT2D eigenvalue weighted by molar-refractivity contribution is -0.148. The lowest BCUT2D eigenvalue weighted by Gasteiger charge is -2.11. The quantitative estimate of drug-likeness (QED) is 0.696. The maximum atomic E-state index is 12.0. The first-order valence-electron chi connectivity index (χ1n) is 7.98. The zero-order chi connectivity index (χ0) is 17.8. The summed E-state index contributed by atoms with van der Waals surface area (Å²) in [6.45, 7) is 3.43. The summed E-state index contributed by atoms with van der Waals surface area (Å²) in [4.78, 5) is 23.8. The van der Waals surface area contributed by atoms with Crippen LogP contribution >= 0.6 is 0 Å². The number of nitrogens with one attached hydrogen (secondary N) is 1. The van der Waals surface area contributed by atoms with Gasteiger partial charge >= 0.3 is 5.97 Å². The van der Waals surface area contributed by atoms with Gasteiger partial charge in [0.05, 0.1) is 25.0 Å². The summed E-state index contributed by atoms with van der Waals surface area (Å²) in [5.74, 6) is -0.228. The highest BCUT2D eigenvalue weighted by atomic mass is 16.5. The molecule has 0 radical (unpaired) electrons. The van der Waals surface area contributed by atoms with Crippen molar-refractivity contribution >= 4 is 22.8 Å². The number of carbonyl (C=O) groups excluding carboxylic acids is 2. The van der Waals surface area contributed by atoms with Gasteiger partial charge in [0.2, 0.25) is 0 Å². The third-order valence-electron chi connectivity index (χ3n) is 3.86. The highest BCUT2D eigenvalue weighted by Crippen LogP contribution is 2.22. The van der Waals surface area contributed by atoms with Crippen LogP contribution in [0, 0.1) is 6.92 Å². The normalized spacial score (nSPS) is 12.1. The van der Waals surface area contributed by atoms with Crippen LogP contribution in [0.3, 0.4) is 0 Å². The van der Waals surface area contributed by atoms with Crippen molar-refractivity contribution in [2.75, 3.05) is 6.61 Å². The Labute approximate surface area is 144 Å². The van der Waals surface area contributed by atoms with E-state index in [4.69, 9.17) is 13.6 Å². The number of amides is 1. The Morgan fingerprint density at radius 2 is 2.08 bits per heavy atom. The van der Waals surface area contributed by atoms with Crippen molar-refractivity contribution in [1.29, 1.82) is 0 Å². The molecule has 0 aliphatic rings. The van der Waals surface area contributed by atoms with E-state index in [1.165, 1.54) is 6.26 Å². The highest BCUT2D eigenvalue weighted by molar-refractivity contribution is 5.87. The van der Waals surface area contributed by atoms with Crippen LogP contribution in [0.25, 0.3) is 11.0 Å². The monoisotopic (exact) mass is 341 g/mol.